The van der Waals surface area contributed by atoms with Crippen LogP contribution in [0.15, 0.2) is 48.5 Å². The summed E-state index contributed by atoms with van der Waals surface area (Å²) in [7, 11) is 3.28. The molecule has 0 aromatic heterocycles. The number of aliphatic hydroxyl groups excluding tert-OH is 1. The number of ether oxygens (including phenoxy) is 2. The number of rotatable bonds is 7. The van der Waals surface area contributed by atoms with Gasteiger partial charge in [0.2, 0.25) is 0 Å². The van der Waals surface area contributed by atoms with E-state index < -0.39 is 0 Å². The molecule has 2 aromatic rings. The number of nitrogens with one attached hydrogen (secondary N) is 1. The molecule has 2 aromatic carbocycles. The first-order valence-corrected chi connectivity index (χ1v) is 7.33. The Kier molecular flexibility index (Phi) is 5.81. The van der Waals surface area contributed by atoms with E-state index in [1.807, 2.05) is 48.5 Å². The van der Waals surface area contributed by atoms with Crippen molar-refractivity contribution >= 4 is 0 Å². The van der Waals surface area contributed by atoms with Gasteiger partial charge in [-0.2, -0.15) is 0 Å². The Morgan fingerprint density at radius 2 is 1.77 bits per heavy atom. The van der Waals surface area contributed by atoms with Crippen molar-refractivity contribution < 1.29 is 14.6 Å². The average Bonchev–Trinajstić information content (AvgIpc) is 2.59. The van der Waals surface area contributed by atoms with E-state index in [4.69, 9.17) is 9.47 Å². The van der Waals surface area contributed by atoms with E-state index in [1.165, 1.54) is 0 Å². The predicted octanol–water partition coefficient (Wildman–Crippen LogP) is 3.09. The van der Waals surface area contributed by atoms with Crippen LogP contribution in [-0.2, 0) is 0 Å². The van der Waals surface area contributed by atoms with Gasteiger partial charge in [-0.3, -0.25) is 0 Å². The maximum Gasteiger partial charge on any atom is 0.127 e. The van der Waals surface area contributed by atoms with E-state index in [0.29, 0.717) is 0 Å². The number of methoxy groups -OCH3 is 2. The van der Waals surface area contributed by atoms with Crippen LogP contribution < -0.4 is 14.8 Å². The van der Waals surface area contributed by atoms with Gasteiger partial charge in [0.05, 0.1) is 26.9 Å². The Bertz CT molecular complexity index is 586. The van der Waals surface area contributed by atoms with Crippen LogP contribution in [0.3, 0.4) is 0 Å². The van der Waals surface area contributed by atoms with Gasteiger partial charge in [0.15, 0.2) is 0 Å². The normalized spacial score (nSPS) is 13.5. The predicted molar refractivity (Wildman–Crippen MR) is 87.4 cm³/mol. The van der Waals surface area contributed by atoms with Gasteiger partial charge in [-0.1, -0.05) is 36.4 Å². The Morgan fingerprint density at radius 1 is 1.05 bits per heavy atom. The summed E-state index contributed by atoms with van der Waals surface area (Å²) in [5, 5.41) is 13.1. The van der Waals surface area contributed by atoms with E-state index in [9.17, 15) is 5.11 Å². The highest BCUT2D eigenvalue weighted by Crippen LogP contribution is 2.30. The molecule has 4 nitrogen and oxygen atoms in total. The van der Waals surface area contributed by atoms with Crippen LogP contribution in [0.2, 0.25) is 0 Å². The number of hydrogen-bond acceptors (Lipinski definition) is 4. The van der Waals surface area contributed by atoms with Crippen LogP contribution in [0.4, 0.5) is 0 Å². The molecule has 0 fully saturated rings. The minimum Gasteiger partial charge on any atom is -0.497 e. The van der Waals surface area contributed by atoms with Crippen molar-refractivity contribution in [1.29, 1.82) is 0 Å². The van der Waals surface area contributed by atoms with Crippen molar-refractivity contribution in [2.24, 2.45) is 0 Å². The van der Waals surface area contributed by atoms with E-state index in [-0.39, 0.29) is 18.7 Å². The second kappa shape index (κ2) is 7.82. The highest BCUT2D eigenvalue weighted by atomic mass is 16.5. The number of hydrogen-bond donors (Lipinski definition) is 2. The fourth-order valence-electron chi connectivity index (χ4n) is 2.51. The molecule has 0 aliphatic rings. The summed E-state index contributed by atoms with van der Waals surface area (Å²) in [5.74, 6) is 1.53. The van der Waals surface area contributed by atoms with Crippen molar-refractivity contribution in [2.75, 3.05) is 20.8 Å². The molecule has 2 atom stereocenters. The minimum absolute atomic E-state index is 0.0261. The molecule has 2 rings (SSSR count). The summed E-state index contributed by atoms with van der Waals surface area (Å²) in [4.78, 5) is 0. The third-order valence-electron chi connectivity index (χ3n) is 3.74. The summed E-state index contributed by atoms with van der Waals surface area (Å²) in [6.07, 6.45) is 0. The molecule has 0 saturated carbocycles. The molecule has 2 unspecified atom stereocenters. The van der Waals surface area contributed by atoms with Gasteiger partial charge in [0.25, 0.3) is 0 Å². The SMILES string of the molecule is COc1ccc(C(C)NC(CO)c2ccccc2)c(OC)c1. The molecular formula is C18H23NO3. The van der Waals surface area contributed by atoms with Crippen molar-refractivity contribution in [3.05, 3.63) is 59.7 Å². The molecule has 0 heterocycles. The van der Waals surface area contributed by atoms with Gasteiger partial charge in [-0.25, -0.2) is 0 Å². The molecule has 4 heteroatoms. The van der Waals surface area contributed by atoms with Gasteiger partial charge in [-0.15, -0.1) is 0 Å². The molecule has 2 N–H and O–H groups in total. The van der Waals surface area contributed by atoms with Gasteiger partial charge in [-0.05, 0) is 18.6 Å². The molecular weight excluding hydrogens is 278 g/mol. The smallest absolute Gasteiger partial charge is 0.127 e. The topological polar surface area (TPSA) is 50.7 Å². The standard InChI is InChI=1S/C18H23NO3/c1-13(16-10-9-15(21-2)11-18(16)22-3)19-17(12-20)14-7-5-4-6-8-14/h4-11,13,17,19-20H,12H2,1-3H3. The lowest BCUT2D eigenvalue weighted by Crippen LogP contribution is -2.27. The zero-order valence-corrected chi connectivity index (χ0v) is 13.2. The van der Waals surface area contributed by atoms with Gasteiger partial charge in [0, 0.05) is 17.7 Å². The van der Waals surface area contributed by atoms with E-state index in [0.717, 1.165) is 22.6 Å². The monoisotopic (exact) mass is 301 g/mol. The van der Waals surface area contributed by atoms with Crippen LogP contribution >= 0.6 is 0 Å². The zero-order chi connectivity index (χ0) is 15.9. The number of benzene rings is 2. The summed E-state index contributed by atoms with van der Waals surface area (Å²) in [5.41, 5.74) is 2.09. The largest absolute Gasteiger partial charge is 0.497 e. The maximum atomic E-state index is 9.67. The lowest BCUT2D eigenvalue weighted by atomic mass is 10.0. The van der Waals surface area contributed by atoms with Crippen molar-refractivity contribution in [3.8, 4) is 11.5 Å². The zero-order valence-electron chi connectivity index (χ0n) is 13.2. The lowest BCUT2D eigenvalue weighted by Gasteiger charge is -2.24. The molecule has 0 radical (unpaired) electrons. The third kappa shape index (κ3) is 3.78. The fraction of sp³-hybridized carbons (Fsp3) is 0.333. The molecule has 0 saturated heterocycles. The molecule has 0 bridgehead atoms. The Labute approximate surface area is 131 Å². The third-order valence-corrected chi connectivity index (χ3v) is 3.74. The summed E-state index contributed by atoms with van der Waals surface area (Å²) in [6, 6.07) is 15.6. The van der Waals surface area contributed by atoms with Crippen LogP contribution in [0, 0.1) is 0 Å². The van der Waals surface area contributed by atoms with E-state index >= 15 is 0 Å². The van der Waals surface area contributed by atoms with Crippen LogP contribution in [0.1, 0.15) is 30.1 Å². The van der Waals surface area contributed by atoms with Gasteiger partial charge >= 0.3 is 0 Å². The average molecular weight is 301 g/mol. The van der Waals surface area contributed by atoms with Gasteiger partial charge in [0.1, 0.15) is 11.5 Å². The Morgan fingerprint density at radius 3 is 2.36 bits per heavy atom. The summed E-state index contributed by atoms with van der Waals surface area (Å²) < 4.78 is 10.7. The molecule has 0 aliphatic carbocycles. The molecule has 0 amide bonds. The van der Waals surface area contributed by atoms with E-state index in [2.05, 4.69) is 12.2 Å². The molecule has 0 spiro atoms. The second-order valence-electron chi connectivity index (χ2n) is 5.14. The Hall–Kier alpha value is -2.04. The molecule has 0 aliphatic heterocycles. The minimum atomic E-state index is -0.122. The van der Waals surface area contributed by atoms with Gasteiger partial charge < -0.3 is 19.9 Å². The second-order valence-corrected chi connectivity index (χ2v) is 5.14. The van der Waals surface area contributed by atoms with Crippen LogP contribution in [0.25, 0.3) is 0 Å². The molecule has 22 heavy (non-hydrogen) atoms. The summed E-state index contributed by atoms with van der Waals surface area (Å²) in [6.45, 7) is 2.09. The highest BCUT2D eigenvalue weighted by molar-refractivity contribution is 5.42. The molecule has 118 valence electrons. The maximum absolute atomic E-state index is 9.67. The quantitative estimate of drug-likeness (QED) is 0.825. The first-order valence-electron chi connectivity index (χ1n) is 7.33. The van der Waals surface area contributed by atoms with Crippen LogP contribution in [0.5, 0.6) is 11.5 Å². The van der Waals surface area contributed by atoms with Crippen LogP contribution in [-0.4, -0.2) is 25.9 Å². The fourth-order valence-corrected chi connectivity index (χ4v) is 2.51. The first kappa shape index (κ1) is 16.3. The van der Waals surface area contributed by atoms with Crippen molar-refractivity contribution in [3.63, 3.8) is 0 Å². The first-order chi connectivity index (χ1) is 10.7. The number of aliphatic hydroxyl groups is 1. The summed E-state index contributed by atoms with van der Waals surface area (Å²) >= 11 is 0. The highest BCUT2D eigenvalue weighted by Gasteiger charge is 2.17. The van der Waals surface area contributed by atoms with Crippen molar-refractivity contribution in [2.45, 2.75) is 19.0 Å². The van der Waals surface area contributed by atoms with Crippen molar-refractivity contribution in [1.82, 2.24) is 5.32 Å². The van der Waals surface area contributed by atoms with E-state index in [1.54, 1.807) is 14.2 Å². The Balaban J connectivity index is 2.19. The lowest BCUT2D eigenvalue weighted by molar-refractivity contribution is 0.234.